The van der Waals surface area contributed by atoms with Gasteiger partial charge in [-0.25, -0.2) is 9.97 Å². The monoisotopic (exact) mass is 421 g/mol. The van der Waals surface area contributed by atoms with Crippen molar-refractivity contribution in [3.8, 4) is 0 Å². The molecule has 4 N–H and O–H groups in total. The number of rotatable bonds is 6. The maximum absolute atomic E-state index is 13.1. The molecule has 1 fully saturated rings. The summed E-state index contributed by atoms with van der Waals surface area (Å²) in [6, 6.07) is 9.61. The second-order valence-electron chi connectivity index (χ2n) is 7.75. The van der Waals surface area contributed by atoms with Crippen molar-refractivity contribution in [3.05, 3.63) is 48.4 Å². The second-order valence-corrected chi connectivity index (χ2v) is 7.75. The van der Waals surface area contributed by atoms with Gasteiger partial charge < -0.3 is 25.8 Å². The maximum Gasteiger partial charge on any atom is 0.253 e. The molecular formula is C22H27N7O2. The number of anilines is 2. The van der Waals surface area contributed by atoms with Gasteiger partial charge in [-0.05, 0) is 37.1 Å². The number of carbonyl (C=O) groups is 2. The summed E-state index contributed by atoms with van der Waals surface area (Å²) in [5.41, 5.74) is 8.15. The lowest BCUT2D eigenvalue weighted by Crippen LogP contribution is -2.42. The Morgan fingerprint density at radius 3 is 2.84 bits per heavy atom. The number of H-pyrrole nitrogens is 1. The van der Waals surface area contributed by atoms with E-state index in [1.165, 1.54) is 13.3 Å². The highest BCUT2D eigenvalue weighted by Crippen LogP contribution is 2.29. The molecule has 3 aromatic rings. The summed E-state index contributed by atoms with van der Waals surface area (Å²) in [6.45, 7) is 3.77. The van der Waals surface area contributed by atoms with Gasteiger partial charge in [0.1, 0.15) is 17.8 Å². The molecule has 0 spiro atoms. The van der Waals surface area contributed by atoms with Gasteiger partial charge in [0.2, 0.25) is 5.91 Å². The Hall–Kier alpha value is -3.46. The van der Waals surface area contributed by atoms with Crippen LogP contribution in [0.2, 0.25) is 0 Å². The van der Waals surface area contributed by atoms with Crippen molar-refractivity contribution in [2.45, 2.75) is 25.8 Å². The number of hydrogen-bond donors (Lipinski definition) is 3. The Kier molecular flexibility index (Phi) is 6.13. The number of likely N-dealkylation sites (tertiary alicyclic amines) is 1. The number of aromatic amines is 1. The SMILES string of the molecule is CC(=O)NCCN(c1cccc(C(=O)N2CCC(N)CC2)c1)c1ncnc2[nH]ccc12. The maximum atomic E-state index is 13.1. The van der Waals surface area contributed by atoms with Crippen molar-refractivity contribution in [3.63, 3.8) is 0 Å². The van der Waals surface area contributed by atoms with E-state index in [0.717, 1.165) is 29.6 Å². The van der Waals surface area contributed by atoms with E-state index >= 15 is 0 Å². The number of nitrogens with one attached hydrogen (secondary N) is 2. The summed E-state index contributed by atoms with van der Waals surface area (Å²) >= 11 is 0. The van der Waals surface area contributed by atoms with E-state index in [9.17, 15) is 9.59 Å². The Morgan fingerprint density at radius 1 is 1.26 bits per heavy atom. The molecule has 3 heterocycles. The van der Waals surface area contributed by atoms with Gasteiger partial charge in [0.25, 0.3) is 5.91 Å². The zero-order chi connectivity index (χ0) is 21.8. The van der Waals surface area contributed by atoms with Crippen LogP contribution in [0.15, 0.2) is 42.9 Å². The second kappa shape index (κ2) is 9.13. The van der Waals surface area contributed by atoms with Crippen molar-refractivity contribution in [1.29, 1.82) is 0 Å². The molecule has 4 rings (SSSR count). The van der Waals surface area contributed by atoms with E-state index in [1.807, 2.05) is 46.3 Å². The summed E-state index contributed by atoms with van der Waals surface area (Å²) in [5.74, 6) is 0.622. The fraction of sp³-hybridized carbons (Fsp3) is 0.364. The molecule has 1 aliphatic heterocycles. The molecule has 1 saturated heterocycles. The molecule has 2 aromatic heterocycles. The van der Waals surface area contributed by atoms with Crippen molar-refractivity contribution in [2.75, 3.05) is 31.1 Å². The van der Waals surface area contributed by atoms with E-state index in [0.29, 0.717) is 37.6 Å². The molecule has 9 heteroatoms. The van der Waals surface area contributed by atoms with Gasteiger partial charge in [0, 0.05) is 56.6 Å². The average molecular weight is 422 g/mol. The third kappa shape index (κ3) is 4.66. The van der Waals surface area contributed by atoms with Crippen LogP contribution >= 0.6 is 0 Å². The molecular weight excluding hydrogens is 394 g/mol. The molecule has 0 unspecified atom stereocenters. The first kappa shape index (κ1) is 20.8. The number of carbonyl (C=O) groups excluding carboxylic acids is 2. The van der Waals surface area contributed by atoms with E-state index in [1.54, 1.807) is 0 Å². The van der Waals surface area contributed by atoms with Gasteiger partial charge in [-0.2, -0.15) is 0 Å². The normalized spacial score (nSPS) is 14.6. The molecule has 0 radical (unpaired) electrons. The third-order valence-corrected chi connectivity index (χ3v) is 5.53. The Balaban J connectivity index is 1.65. The van der Waals surface area contributed by atoms with Crippen molar-refractivity contribution >= 4 is 34.4 Å². The quantitative estimate of drug-likeness (QED) is 0.558. The van der Waals surface area contributed by atoms with Crippen LogP contribution in [0.1, 0.15) is 30.1 Å². The largest absolute Gasteiger partial charge is 0.355 e. The van der Waals surface area contributed by atoms with Crippen LogP contribution < -0.4 is 16.0 Å². The number of amides is 2. The highest BCUT2D eigenvalue weighted by atomic mass is 16.2. The lowest BCUT2D eigenvalue weighted by molar-refractivity contribution is -0.118. The van der Waals surface area contributed by atoms with Crippen LogP contribution in [0, 0.1) is 0 Å². The van der Waals surface area contributed by atoms with E-state index in [2.05, 4.69) is 20.3 Å². The van der Waals surface area contributed by atoms with Gasteiger partial charge in [0.05, 0.1) is 5.39 Å². The van der Waals surface area contributed by atoms with Gasteiger partial charge in [0.15, 0.2) is 0 Å². The summed E-state index contributed by atoms with van der Waals surface area (Å²) < 4.78 is 0. The topological polar surface area (TPSA) is 120 Å². The number of benzene rings is 1. The molecule has 0 saturated carbocycles. The van der Waals surface area contributed by atoms with Crippen LogP contribution in [0.4, 0.5) is 11.5 Å². The van der Waals surface area contributed by atoms with Crippen LogP contribution in [0.5, 0.6) is 0 Å². The van der Waals surface area contributed by atoms with E-state index < -0.39 is 0 Å². The molecule has 9 nitrogen and oxygen atoms in total. The Bertz CT molecular complexity index is 1070. The standard InChI is InChI=1S/C22H27N7O2/c1-15(30)24-9-12-29(21-19-5-8-25-20(19)26-14-27-21)18-4-2-3-16(13-18)22(31)28-10-6-17(23)7-11-28/h2-5,8,13-14,17H,6-7,9-12,23H2,1H3,(H,24,30)(H,25,26,27). The molecule has 0 atom stereocenters. The average Bonchev–Trinajstić information content (AvgIpc) is 3.26. The first-order valence-electron chi connectivity index (χ1n) is 10.5. The summed E-state index contributed by atoms with van der Waals surface area (Å²) in [5, 5.41) is 3.70. The highest BCUT2D eigenvalue weighted by Gasteiger charge is 2.23. The van der Waals surface area contributed by atoms with E-state index in [4.69, 9.17) is 5.73 Å². The van der Waals surface area contributed by atoms with E-state index in [-0.39, 0.29) is 17.9 Å². The Morgan fingerprint density at radius 2 is 2.06 bits per heavy atom. The minimum absolute atomic E-state index is 0.00467. The van der Waals surface area contributed by atoms with Crippen molar-refractivity contribution in [1.82, 2.24) is 25.2 Å². The first-order valence-corrected chi connectivity index (χ1v) is 10.5. The number of piperidine rings is 1. The highest BCUT2D eigenvalue weighted by molar-refractivity contribution is 5.96. The molecule has 2 amide bonds. The molecule has 1 aliphatic rings. The number of hydrogen-bond acceptors (Lipinski definition) is 6. The molecule has 0 bridgehead atoms. The minimum atomic E-state index is -0.0957. The number of nitrogens with zero attached hydrogens (tertiary/aromatic N) is 4. The summed E-state index contributed by atoms with van der Waals surface area (Å²) in [7, 11) is 0. The molecule has 162 valence electrons. The first-order chi connectivity index (χ1) is 15.0. The lowest BCUT2D eigenvalue weighted by Gasteiger charge is -2.30. The molecule has 31 heavy (non-hydrogen) atoms. The Labute approximate surface area is 180 Å². The zero-order valence-corrected chi connectivity index (χ0v) is 17.5. The van der Waals surface area contributed by atoms with Crippen molar-refractivity contribution in [2.24, 2.45) is 5.73 Å². The smallest absolute Gasteiger partial charge is 0.253 e. The van der Waals surface area contributed by atoms with Crippen molar-refractivity contribution < 1.29 is 9.59 Å². The number of fused-ring (bicyclic) bond motifs is 1. The van der Waals surface area contributed by atoms with Crippen LogP contribution in [0.3, 0.4) is 0 Å². The minimum Gasteiger partial charge on any atom is -0.355 e. The lowest BCUT2D eigenvalue weighted by atomic mass is 10.0. The fourth-order valence-electron chi connectivity index (χ4n) is 3.87. The van der Waals surface area contributed by atoms with Gasteiger partial charge >= 0.3 is 0 Å². The third-order valence-electron chi connectivity index (χ3n) is 5.53. The predicted molar refractivity (Wildman–Crippen MR) is 119 cm³/mol. The summed E-state index contributed by atoms with van der Waals surface area (Å²) in [6.07, 6.45) is 4.96. The molecule has 1 aromatic carbocycles. The number of nitrogens with two attached hydrogens (primary N) is 1. The van der Waals surface area contributed by atoms with Crippen LogP contribution in [0.25, 0.3) is 11.0 Å². The zero-order valence-electron chi connectivity index (χ0n) is 17.5. The molecule has 0 aliphatic carbocycles. The predicted octanol–water partition coefficient (Wildman–Crippen LogP) is 1.80. The van der Waals surface area contributed by atoms with Gasteiger partial charge in [-0.3, -0.25) is 9.59 Å². The summed E-state index contributed by atoms with van der Waals surface area (Å²) in [4.78, 5) is 40.2. The van der Waals surface area contributed by atoms with Gasteiger partial charge in [-0.15, -0.1) is 0 Å². The van der Waals surface area contributed by atoms with Crippen LogP contribution in [-0.4, -0.2) is 63.9 Å². The van der Waals surface area contributed by atoms with Crippen LogP contribution in [-0.2, 0) is 4.79 Å². The fourth-order valence-corrected chi connectivity index (χ4v) is 3.87. The van der Waals surface area contributed by atoms with Gasteiger partial charge in [-0.1, -0.05) is 6.07 Å². The number of aromatic nitrogens is 3.